The van der Waals surface area contributed by atoms with Gasteiger partial charge in [-0.25, -0.2) is 0 Å². The maximum atomic E-state index is 11.6. The normalized spacial score (nSPS) is 30.9. The molecule has 15 heavy (non-hydrogen) atoms. The molecular formula is C11H21NO2S. The Bertz CT molecular complexity index is 233. The third-order valence-corrected chi connectivity index (χ3v) is 4.68. The molecule has 0 bridgehead atoms. The Balaban J connectivity index is 2.70. The lowest BCUT2D eigenvalue weighted by Gasteiger charge is -2.38. The fraction of sp³-hybridized carbons (Fsp3) is 0.909. The maximum absolute atomic E-state index is 11.6. The summed E-state index contributed by atoms with van der Waals surface area (Å²) < 4.78 is 5.05. The molecule has 1 aliphatic rings. The summed E-state index contributed by atoms with van der Waals surface area (Å²) in [7, 11) is 4.11. The minimum Gasteiger partial charge on any atom is -0.466 e. The van der Waals surface area contributed by atoms with Gasteiger partial charge in [0.05, 0.1) is 13.0 Å². The van der Waals surface area contributed by atoms with Gasteiger partial charge in [0.15, 0.2) is 0 Å². The molecule has 1 rings (SSSR count). The van der Waals surface area contributed by atoms with Crippen molar-refractivity contribution in [2.45, 2.75) is 37.5 Å². The van der Waals surface area contributed by atoms with Gasteiger partial charge in [-0.1, -0.05) is 6.92 Å². The van der Waals surface area contributed by atoms with Crippen LogP contribution in [0.4, 0.5) is 0 Å². The monoisotopic (exact) mass is 231 g/mol. The highest BCUT2D eigenvalue weighted by molar-refractivity contribution is 8.00. The van der Waals surface area contributed by atoms with Crippen LogP contribution in [-0.2, 0) is 9.53 Å². The smallest absolute Gasteiger partial charge is 0.307 e. The van der Waals surface area contributed by atoms with Crippen LogP contribution < -0.4 is 0 Å². The first-order valence-corrected chi connectivity index (χ1v) is 6.52. The minimum atomic E-state index is -0.0689. The predicted molar refractivity (Wildman–Crippen MR) is 64.2 cm³/mol. The topological polar surface area (TPSA) is 29.5 Å². The van der Waals surface area contributed by atoms with Crippen molar-refractivity contribution < 1.29 is 9.53 Å². The number of ether oxygens (including phenoxy) is 1. The Morgan fingerprint density at radius 3 is 2.67 bits per heavy atom. The number of hydrogen-bond acceptors (Lipinski definition) is 4. The molecule has 0 aromatic carbocycles. The third kappa shape index (κ3) is 2.67. The molecule has 2 unspecified atom stereocenters. The number of rotatable bonds is 4. The second kappa shape index (κ2) is 5.21. The molecule has 1 saturated heterocycles. The van der Waals surface area contributed by atoms with Crippen LogP contribution in [0.15, 0.2) is 0 Å². The Labute approximate surface area is 96.5 Å². The van der Waals surface area contributed by atoms with Gasteiger partial charge in [-0.2, -0.15) is 11.8 Å². The van der Waals surface area contributed by atoms with Crippen molar-refractivity contribution in [2.75, 3.05) is 26.5 Å². The lowest BCUT2D eigenvalue weighted by molar-refractivity contribution is -0.146. The number of hydrogen-bond donors (Lipinski definition) is 0. The summed E-state index contributed by atoms with van der Waals surface area (Å²) in [5.74, 6) is 1.07. The molecule has 0 saturated carbocycles. The summed E-state index contributed by atoms with van der Waals surface area (Å²) in [6.07, 6.45) is 1.59. The van der Waals surface area contributed by atoms with E-state index in [9.17, 15) is 4.79 Å². The lowest BCUT2D eigenvalue weighted by Crippen LogP contribution is -2.50. The summed E-state index contributed by atoms with van der Waals surface area (Å²) in [6.45, 7) is 4.54. The first-order valence-electron chi connectivity index (χ1n) is 5.47. The largest absolute Gasteiger partial charge is 0.466 e. The summed E-state index contributed by atoms with van der Waals surface area (Å²) in [5, 5.41) is 0.497. The Morgan fingerprint density at radius 2 is 2.27 bits per heavy atom. The van der Waals surface area contributed by atoms with Crippen molar-refractivity contribution in [3.63, 3.8) is 0 Å². The van der Waals surface area contributed by atoms with E-state index in [1.54, 1.807) is 0 Å². The second-order valence-corrected chi connectivity index (χ2v) is 5.69. The molecule has 0 aromatic heterocycles. The van der Waals surface area contributed by atoms with Gasteiger partial charge in [0.1, 0.15) is 0 Å². The fourth-order valence-electron chi connectivity index (χ4n) is 2.21. The molecule has 0 aliphatic carbocycles. The van der Waals surface area contributed by atoms with Gasteiger partial charge in [0.25, 0.3) is 0 Å². The molecule has 0 aromatic rings. The average Bonchev–Trinajstić information content (AvgIpc) is 2.49. The quantitative estimate of drug-likeness (QED) is 0.690. The number of nitrogens with zero attached hydrogens (tertiary/aromatic N) is 1. The highest BCUT2D eigenvalue weighted by atomic mass is 32.2. The first-order chi connectivity index (χ1) is 7.03. The van der Waals surface area contributed by atoms with Crippen molar-refractivity contribution in [3.8, 4) is 0 Å². The van der Waals surface area contributed by atoms with E-state index in [1.165, 1.54) is 0 Å². The number of thioether (sulfide) groups is 1. The van der Waals surface area contributed by atoms with Crippen LogP contribution in [0.1, 0.15) is 26.7 Å². The zero-order valence-corrected chi connectivity index (χ0v) is 10.9. The average molecular weight is 231 g/mol. The van der Waals surface area contributed by atoms with Crippen molar-refractivity contribution in [1.29, 1.82) is 0 Å². The molecule has 88 valence electrons. The van der Waals surface area contributed by atoms with E-state index in [-0.39, 0.29) is 11.5 Å². The van der Waals surface area contributed by atoms with Crippen LogP contribution >= 0.6 is 11.8 Å². The highest BCUT2D eigenvalue weighted by Gasteiger charge is 2.44. The van der Waals surface area contributed by atoms with E-state index >= 15 is 0 Å². The first kappa shape index (κ1) is 12.8. The van der Waals surface area contributed by atoms with Gasteiger partial charge in [0.2, 0.25) is 0 Å². The lowest BCUT2D eigenvalue weighted by atomic mass is 9.87. The van der Waals surface area contributed by atoms with E-state index in [4.69, 9.17) is 4.74 Å². The molecule has 3 nitrogen and oxygen atoms in total. The van der Waals surface area contributed by atoms with E-state index in [0.29, 0.717) is 18.3 Å². The molecule has 1 heterocycles. The van der Waals surface area contributed by atoms with Gasteiger partial charge in [-0.05, 0) is 33.2 Å². The molecule has 0 radical (unpaired) electrons. The molecule has 4 heteroatoms. The van der Waals surface area contributed by atoms with Gasteiger partial charge >= 0.3 is 5.97 Å². The maximum Gasteiger partial charge on any atom is 0.307 e. The number of carbonyl (C=O) groups is 1. The van der Waals surface area contributed by atoms with Crippen LogP contribution in [0.25, 0.3) is 0 Å². The van der Waals surface area contributed by atoms with Gasteiger partial charge in [-0.3, -0.25) is 4.79 Å². The van der Waals surface area contributed by atoms with Crippen molar-refractivity contribution in [2.24, 2.45) is 0 Å². The molecule has 1 aliphatic heterocycles. The summed E-state index contributed by atoms with van der Waals surface area (Å²) >= 11 is 1.94. The Kier molecular flexibility index (Phi) is 4.46. The summed E-state index contributed by atoms with van der Waals surface area (Å²) in [4.78, 5) is 13.8. The van der Waals surface area contributed by atoms with E-state index in [1.807, 2.05) is 18.7 Å². The van der Waals surface area contributed by atoms with E-state index in [2.05, 4.69) is 25.9 Å². The van der Waals surface area contributed by atoms with Crippen LogP contribution in [0.3, 0.4) is 0 Å². The van der Waals surface area contributed by atoms with Gasteiger partial charge < -0.3 is 9.64 Å². The molecular weight excluding hydrogens is 210 g/mol. The highest BCUT2D eigenvalue weighted by Crippen LogP contribution is 2.41. The van der Waals surface area contributed by atoms with Crippen LogP contribution in [0.5, 0.6) is 0 Å². The van der Waals surface area contributed by atoms with E-state index in [0.717, 1.165) is 12.2 Å². The van der Waals surface area contributed by atoms with Gasteiger partial charge in [0, 0.05) is 10.8 Å². The molecule has 0 amide bonds. The Hall–Kier alpha value is -0.220. The van der Waals surface area contributed by atoms with Gasteiger partial charge in [-0.15, -0.1) is 0 Å². The Morgan fingerprint density at radius 1 is 1.60 bits per heavy atom. The molecule has 0 spiro atoms. The fourth-order valence-corrected chi connectivity index (χ4v) is 3.76. The molecule has 1 fully saturated rings. The standard InChI is InChI=1S/C11H21NO2S/c1-5-14-10(13)8-11(12(3)4)6-7-15-9(11)2/h9H,5-8H2,1-4H3. The van der Waals surface area contributed by atoms with Crippen molar-refractivity contribution >= 4 is 17.7 Å². The predicted octanol–water partition coefficient (Wildman–Crippen LogP) is 1.77. The van der Waals surface area contributed by atoms with E-state index < -0.39 is 0 Å². The third-order valence-electron chi connectivity index (χ3n) is 3.31. The van der Waals surface area contributed by atoms with Crippen LogP contribution in [0, 0.1) is 0 Å². The SMILES string of the molecule is CCOC(=O)CC1(N(C)C)CCSC1C. The summed E-state index contributed by atoms with van der Waals surface area (Å²) in [5.41, 5.74) is -0.00306. The number of carbonyl (C=O) groups excluding carboxylic acids is 1. The van der Waals surface area contributed by atoms with Crippen LogP contribution in [0.2, 0.25) is 0 Å². The minimum absolute atomic E-state index is 0.00306. The molecule has 0 N–H and O–H groups in total. The number of esters is 1. The summed E-state index contributed by atoms with van der Waals surface area (Å²) in [6, 6.07) is 0. The zero-order chi connectivity index (χ0) is 11.5. The van der Waals surface area contributed by atoms with Crippen molar-refractivity contribution in [1.82, 2.24) is 4.90 Å². The zero-order valence-electron chi connectivity index (χ0n) is 10.1. The second-order valence-electron chi connectivity index (χ2n) is 4.24. The van der Waals surface area contributed by atoms with Crippen LogP contribution in [-0.4, -0.2) is 48.1 Å². The molecule has 2 atom stereocenters. The van der Waals surface area contributed by atoms with Crippen molar-refractivity contribution in [3.05, 3.63) is 0 Å².